The van der Waals surface area contributed by atoms with Crippen molar-refractivity contribution < 1.29 is 19.8 Å². The van der Waals surface area contributed by atoms with Crippen molar-refractivity contribution in [3.05, 3.63) is 35.9 Å². The molecule has 0 aliphatic rings. The average molecular weight is 250 g/mol. The summed E-state index contributed by atoms with van der Waals surface area (Å²) in [6.45, 7) is 3.37. The van der Waals surface area contributed by atoms with Crippen LogP contribution >= 0.6 is 0 Å². The van der Waals surface area contributed by atoms with Crippen molar-refractivity contribution in [1.82, 2.24) is 0 Å². The Balaban J connectivity index is 2.72. The molecule has 0 bridgehead atoms. The van der Waals surface area contributed by atoms with Crippen LogP contribution in [0.15, 0.2) is 30.3 Å². The molecule has 4 nitrogen and oxygen atoms in total. The Kier molecular flexibility index (Phi) is 5.04. The third-order valence-electron chi connectivity index (χ3n) is 2.86. The first-order valence-electron chi connectivity index (χ1n) is 5.92. The van der Waals surface area contributed by atoms with E-state index in [1.807, 2.05) is 6.07 Å². The van der Waals surface area contributed by atoms with E-state index in [1.54, 1.807) is 38.1 Å². The minimum absolute atomic E-state index is 0.167. The van der Waals surface area contributed by atoms with Crippen LogP contribution in [0.3, 0.4) is 0 Å². The van der Waals surface area contributed by atoms with Crippen LogP contribution in [0.1, 0.15) is 31.9 Å². The standard InChI is InChI=1S/C14H18O4/c1-9(2)13(14(17)18)12(16)8-11(15)10-6-4-3-5-7-10/h3-7,9,11,13,15H,8H2,1-2H3,(H,17,18). The lowest BCUT2D eigenvalue weighted by Gasteiger charge is -2.17. The third kappa shape index (κ3) is 3.67. The van der Waals surface area contributed by atoms with E-state index in [0.717, 1.165) is 0 Å². The maximum Gasteiger partial charge on any atom is 0.314 e. The van der Waals surface area contributed by atoms with E-state index in [9.17, 15) is 14.7 Å². The molecule has 0 aliphatic heterocycles. The van der Waals surface area contributed by atoms with E-state index in [2.05, 4.69) is 0 Å². The van der Waals surface area contributed by atoms with Crippen LogP contribution in [0.5, 0.6) is 0 Å². The van der Waals surface area contributed by atoms with Crippen LogP contribution in [0.25, 0.3) is 0 Å². The van der Waals surface area contributed by atoms with Gasteiger partial charge < -0.3 is 10.2 Å². The normalized spacial score (nSPS) is 14.2. The van der Waals surface area contributed by atoms with Gasteiger partial charge in [0.05, 0.1) is 6.10 Å². The van der Waals surface area contributed by atoms with Gasteiger partial charge in [-0.15, -0.1) is 0 Å². The molecule has 0 saturated carbocycles. The molecule has 1 rings (SSSR count). The molecule has 0 aromatic heterocycles. The fourth-order valence-corrected chi connectivity index (χ4v) is 1.91. The Morgan fingerprint density at radius 2 is 1.72 bits per heavy atom. The summed E-state index contributed by atoms with van der Waals surface area (Å²) < 4.78 is 0. The van der Waals surface area contributed by atoms with Crippen molar-refractivity contribution in [1.29, 1.82) is 0 Å². The van der Waals surface area contributed by atoms with E-state index in [0.29, 0.717) is 5.56 Å². The highest BCUT2D eigenvalue weighted by molar-refractivity contribution is 5.98. The Morgan fingerprint density at radius 1 is 1.17 bits per heavy atom. The van der Waals surface area contributed by atoms with Crippen molar-refractivity contribution >= 4 is 11.8 Å². The molecule has 0 amide bonds. The van der Waals surface area contributed by atoms with Crippen LogP contribution in [-0.2, 0) is 9.59 Å². The first-order chi connectivity index (χ1) is 8.43. The van der Waals surface area contributed by atoms with Crippen LogP contribution in [-0.4, -0.2) is 22.0 Å². The van der Waals surface area contributed by atoms with Gasteiger partial charge in [-0.05, 0) is 11.5 Å². The molecule has 0 radical (unpaired) electrons. The molecule has 0 aliphatic carbocycles. The minimum Gasteiger partial charge on any atom is -0.481 e. The molecule has 4 heteroatoms. The number of carboxylic acid groups (broad SMARTS) is 1. The number of ketones is 1. The maximum absolute atomic E-state index is 11.9. The molecule has 1 aromatic rings. The Hall–Kier alpha value is -1.68. The number of benzene rings is 1. The lowest BCUT2D eigenvalue weighted by molar-refractivity contribution is -0.148. The summed E-state index contributed by atoms with van der Waals surface area (Å²) >= 11 is 0. The Morgan fingerprint density at radius 3 is 2.17 bits per heavy atom. The Labute approximate surface area is 106 Å². The second kappa shape index (κ2) is 6.31. The zero-order valence-electron chi connectivity index (χ0n) is 10.5. The molecule has 0 saturated heterocycles. The van der Waals surface area contributed by atoms with Gasteiger partial charge in [0.1, 0.15) is 11.7 Å². The number of carbonyl (C=O) groups is 2. The summed E-state index contributed by atoms with van der Waals surface area (Å²) in [6, 6.07) is 8.76. The molecular weight excluding hydrogens is 232 g/mol. The van der Waals surface area contributed by atoms with Gasteiger partial charge in [-0.2, -0.15) is 0 Å². The number of carbonyl (C=O) groups excluding carboxylic acids is 1. The third-order valence-corrected chi connectivity index (χ3v) is 2.86. The van der Waals surface area contributed by atoms with Crippen molar-refractivity contribution in [2.24, 2.45) is 11.8 Å². The summed E-state index contributed by atoms with van der Waals surface area (Å²) in [7, 11) is 0. The molecular formula is C14H18O4. The largest absolute Gasteiger partial charge is 0.481 e. The number of rotatable bonds is 6. The van der Waals surface area contributed by atoms with Crippen molar-refractivity contribution in [2.45, 2.75) is 26.4 Å². The highest BCUT2D eigenvalue weighted by Crippen LogP contribution is 2.22. The number of aliphatic hydroxyl groups excluding tert-OH is 1. The number of aliphatic carboxylic acids is 1. The fourth-order valence-electron chi connectivity index (χ4n) is 1.91. The first-order valence-corrected chi connectivity index (χ1v) is 5.92. The molecule has 18 heavy (non-hydrogen) atoms. The SMILES string of the molecule is CC(C)C(C(=O)O)C(=O)CC(O)c1ccccc1. The topological polar surface area (TPSA) is 74.6 Å². The minimum atomic E-state index is -1.13. The second-order valence-corrected chi connectivity index (χ2v) is 4.66. The van der Waals surface area contributed by atoms with E-state index in [1.165, 1.54) is 0 Å². The maximum atomic E-state index is 11.9. The lowest BCUT2D eigenvalue weighted by atomic mass is 9.88. The van der Waals surface area contributed by atoms with E-state index in [4.69, 9.17) is 5.11 Å². The molecule has 2 N–H and O–H groups in total. The van der Waals surface area contributed by atoms with Crippen LogP contribution in [0.4, 0.5) is 0 Å². The second-order valence-electron chi connectivity index (χ2n) is 4.66. The summed E-state index contributed by atoms with van der Waals surface area (Å²) in [5, 5.41) is 18.9. The number of hydrogen-bond donors (Lipinski definition) is 2. The number of hydrogen-bond acceptors (Lipinski definition) is 3. The molecule has 2 unspecified atom stereocenters. The highest BCUT2D eigenvalue weighted by Gasteiger charge is 2.30. The summed E-state index contributed by atoms with van der Waals surface area (Å²) in [5.41, 5.74) is 0.624. The van der Waals surface area contributed by atoms with Gasteiger partial charge in [0.25, 0.3) is 0 Å². The first kappa shape index (κ1) is 14.4. The molecule has 2 atom stereocenters. The van der Waals surface area contributed by atoms with Gasteiger partial charge in [-0.3, -0.25) is 9.59 Å². The molecule has 1 aromatic carbocycles. The number of carboxylic acids is 1. The number of aliphatic hydroxyl groups is 1. The van der Waals surface area contributed by atoms with Gasteiger partial charge in [-0.1, -0.05) is 44.2 Å². The fraction of sp³-hybridized carbons (Fsp3) is 0.429. The summed E-state index contributed by atoms with van der Waals surface area (Å²) in [5.74, 6) is -2.90. The Bertz CT molecular complexity index is 411. The zero-order valence-corrected chi connectivity index (χ0v) is 10.5. The average Bonchev–Trinajstić information content (AvgIpc) is 2.28. The van der Waals surface area contributed by atoms with Gasteiger partial charge in [0.2, 0.25) is 0 Å². The highest BCUT2D eigenvalue weighted by atomic mass is 16.4. The predicted octanol–water partition coefficient (Wildman–Crippen LogP) is 2.04. The smallest absolute Gasteiger partial charge is 0.314 e. The van der Waals surface area contributed by atoms with E-state index < -0.39 is 23.8 Å². The molecule has 0 spiro atoms. The molecule has 98 valence electrons. The van der Waals surface area contributed by atoms with Crippen LogP contribution < -0.4 is 0 Å². The van der Waals surface area contributed by atoms with E-state index in [-0.39, 0.29) is 12.3 Å². The van der Waals surface area contributed by atoms with Crippen molar-refractivity contribution in [3.63, 3.8) is 0 Å². The number of Topliss-reactive ketones (excluding diaryl/α,β-unsaturated/α-hetero) is 1. The van der Waals surface area contributed by atoms with Crippen LogP contribution in [0, 0.1) is 11.8 Å². The van der Waals surface area contributed by atoms with Crippen molar-refractivity contribution in [2.75, 3.05) is 0 Å². The van der Waals surface area contributed by atoms with Crippen molar-refractivity contribution in [3.8, 4) is 0 Å². The predicted molar refractivity (Wildman–Crippen MR) is 67.0 cm³/mol. The van der Waals surface area contributed by atoms with Gasteiger partial charge in [0, 0.05) is 6.42 Å². The van der Waals surface area contributed by atoms with Gasteiger partial charge in [0.15, 0.2) is 0 Å². The van der Waals surface area contributed by atoms with Crippen LogP contribution in [0.2, 0.25) is 0 Å². The summed E-state index contributed by atoms with van der Waals surface area (Å²) in [4.78, 5) is 22.9. The van der Waals surface area contributed by atoms with E-state index >= 15 is 0 Å². The summed E-state index contributed by atoms with van der Waals surface area (Å²) in [6.07, 6.45) is -1.11. The molecule has 0 fully saturated rings. The zero-order chi connectivity index (χ0) is 13.7. The van der Waals surface area contributed by atoms with Gasteiger partial charge >= 0.3 is 5.97 Å². The quantitative estimate of drug-likeness (QED) is 0.758. The van der Waals surface area contributed by atoms with Gasteiger partial charge in [-0.25, -0.2) is 0 Å². The lowest BCUT2D eigenvalue weighted by Crippen LogP contribution is -2.29. The monoisotopic (exact) mass is 250 g/mol. The molecule has 0 heterocycles.